The number of fused-ring (bicyclic) bond motifs is 1. The van der Waals surface area contributed by atoms with Crippen molar-refractivity contribution >= 4 is 39.2 Å². The number of nitrogens with one attached hydrogen (secondary N) is 1. The van der Waals surface area contributed by atoms with Gasteiger partial charge in [0, 0.05) is 6.42 Å². The molecule has 1 amide bonds. The second-order valence-electron chi connectivity index (χ2n) is 6.72. The monoisotopic (exact) mass is 449 g/mol. The number of amides is 1. The lowest BCUT2D eigenvalue weighted by molar-refractivity contribution is -0.116. The summed E-state index contributed by atoms with van der Waals surface area (Å²) in [4.78, 5) is 42.2. The molecular weight excluding hydrogens is 430 g/mol. The van der Waals surface area contributed by atoms with Crippen LogP contribution in [-0.4, -0.2) is 38.5 Å². The summed E-state index contributed by atoms with van der Waals surface area (Å²) in [5.41, 5.74) is 1.14. The highest BCUT2D eigenvalue weighted by Gasteiger charge is 2.21. The maximum atomic E-state index is 12.5. The number of nitrogens with zero attached hydrogens (tertiary/aromatic N) is 4. The Labute approximate surface area is 186 Å². The Morgan fingerprint density at radius 3 is 2.62 bits per heavy atom. The van der Waals surface area contributed by atoms with Gasteiger partial charge in [0.25, 0.3) is 5.56 Å². The largest absolute Gasteiger partial charge is 0.461 e. The van der Waals surface area contributed by atoms with Gasteiger partial charge in [-0.05, 0) is 24.6 Å². The summed E-state index contributed by atoms with van der Waals surface area (Å²) >= 11 is 1.18. The van der Waals surface area contributed by atoms with Crippen molar-refractivity contribution in [2.24, 2.45) is 0 Å². The van der Waals surface area contributed by atoms with Crippen molar-refractivity contribution in [2.45, 2.75) is 19.9 Å². The molecule has 0 aliphatic carbocycles. The lowest BCUT2D eigenvalue weighted by Crippen LogP contribution is -2.26. The molecule has 32 heavy (non-hydrogen) atoms. The number of hydrogen-bond donors (Lipinski definition) is 1. The zero-order valence-electron chi connectivity index (χ0n) is 17.1. The van der Waals surface area contributed by atoms with E-state index in [1.54, 1.807) is 31.2 Å². The molecule has 0 unspecified atom stereocenters. The van der Waals surface area contributed by atoms with Gasteiger partial charge >= 0.3 is 5.97 Å². The van der Waals surface area contributed by atoms with Crippen LogP contribution in [0.3, 0.4) is 0 Å². The predicted octanol–water partition coefficient (Wildman–Crippen LogP) is 3.12. The first kappa shape index (κ1) is 21.3. The van der Waals surface area contributed by atoms with Crippen molar-refractivity contribution in [1.29, 1.82) is 0 Å². The van der Waals surface area contributed by atoms with Crippen LogP contribution in [-0.2, 0) is 16.1 Å². The Balaban J connectivity index is 1.50. The number of aromatic nitrogens is 4. The fourth-order valence-corrected chi connectivity index (χ4v) is 4.03. The van der Waals surface area contributed by atoms with Gasteiger partial charge < -0.3 is 10.1 Å². The molecule has 2 aromatic carbocycles. The number of rotatable bonds is 7. The molecule has 0 radical (unpaired) electrons. The third kappa shape index (κ3) is 4.54. The summed E-state index contributed by atoms with van der Waals surface area (Å²) < 4.78 is 6.26. The molecule has 1 N–H and O–H groups in total. The normalized spacial score (nSPS) is 10.8. The first-order valence-corrected chi connectivity index (χ1v) is 10.7. The Morgan fingerprint density at radius 2 is 1.84 bits per heavy atom. The summed E-state index contributed by atoms with van der Waals surface area (Å²) in [7, 11) is 0. The third-order valence-electron chi connectivity index (χ3n) is 4.56. The summed E-state index contributed by atoms with van der Waals surface area (Å²) in [5, 5.41) is 11.3. The molecule has 162 valence electrons. The smallest absolute Gasteiger partial charge is 0.358 e. The topological polar surface area (TPSA) is 116 Å². The fourth-order valence-electron chi connectivity index (χ4n) is 3.06. The van der Waals surface area contributed by atoms with Gasteiger partial charge in [-0.1, -0.05) is 59.0 Å². The first-order chi connectivity index (χ1) is 15.6. The van der Waals surface area contributed by atoms with Gasteiger partial charge in [0.05, 0.1) is 23.4 Å². The van der Waals surface area contributed by atoms with E-state index in [1.807, 2.05) is 30.3 Å². The maximum absolute atomic E-state index is 12.5. The quantitative estimate of drug-likeness (QED) is 0.431. The van der Waals surface area contributed by atoms with Crippen LogP contribution in [0.1, 0.15) is 23.8 Å². The molecule has 4 aromatic rings. The standard InChI is InChI=1S/C22H19N5O4S/c1-2-31-21(30)18-19(14-8-4-3-5-9-14)32-22(24-18)23-17(28)12-13-27-20(29)15-10-6-7-11-16(15)25-26-27/h3-11H,2,12-13H2,1H3,(H,23,24,28). The molecule has 0 spiro atoms. The van der Waals surface area contributed by atoms with E-state index in [0.717, 1.165) is 10.2 Å². The van der Waals surface area contributed by atoms with E-state index in [9.17, 15) is 14.4 Å². The Bertz CT molecular complexity index is 1330. The van der Waals surface area contributed by atoms with Crippen molar-refractivity contribution in [1.82, 2.24) is 20.0 Å². The van der Waals surface area contributed by atoms with E-state index < -0.39 is 5.97 Å². The van der Waals surface area contributed by atoms with Gasteiger partial charge in [-0.25, -0.2) is 14.5 Å². The maximum Gasteiger partial charge on any atom is 0.358 e. The van der Waals surface area contributed by atoms with Gasteiger partial charge in [-0.3, -0.25) is 9.59 Å². The lowest BCUT2D eigenvalue weighted by atomic mass is 10.1. The minimum atomic E-state index is -0.555. The molecule has 0 aliphatic rings. The number of anilines is 1. The molecule has 0 atom stereocenters. The molecule has 10 heteroatoms. The summed E-state index contributed by atoms with van der Waals surface area (Å²) in [5.74, 6) is -0.920. The molecule has 0 saturated heterocycles. The SMILES string of the molecule is CCOC(=O)c1nc(NC(=O)CCn2nnc3ccccc3c2=O)sc1-c1ccccc1. The van der Waals surface area contributed by atoms with Crippen molar-refractivity contribution in [3.8, 4) is 10.4 Å². The van der Waals surface area contributed by atoms with Crippen LogP contribution in [0, 0.1) is 0 Å². The van der Waals surface area contributed by atoms with E-state index in [4.69, 9.17) is 4.74 Å². The van der Waals surface area contributed by atoms with Crippen molar-refractivity contribution in [3.05, 3.63) is 70.6 Å². The van der Waals surface area contributed by atoms with Crippen molar-refractivity contribution in [3.63, 3.8) is 0 Å². The average Bonchev–Trinajstić information content (AvgIpc) is 3.23. The summed E-state index contributed by atoms with van der Waals surface area (Å²) in [6.45, 7) is 1.99. The minimum absolute atomic E-state index is 0.0120. The number of aryl methyl sites for hydroxylation is 1. The lowest BCUT2D eigenvalue weighted by Gasteiger charge is -2.04. The Morgan fingerprint density at radius 1 is 1.09 bits per heavy atom. The number of thiazole rings is 1. The van der Waals surface area contributed by atoms with E-state index in [2.05, 4.69) is 20.6 Å². The highest BCUT2D eigenvalue weighted by Crippen LogP contribution is 2.33. The third-order valence-corrected chi connectivity index (χ3v) is 5.58. The van der Waals surface area contributed by atoms with Crippen LogP contribution in [0.15, 0.2) is 59.4 Å². The molecule has 2 heterocycles. The highest BCUT2D eigenvalue weighted by atomic mass is 32.1. The zero-order valence-corrected chi connectivity index (χ0v) is 18.0. The molecule has 0 fully saturated rings. The summed E-state index contributed by atoms with van der Waals surface area (Å²) in [6, 6.07) is 16.2. The van der Waals surface area contributed by atoms with Gasteiger partial charge in [0.1, 0.15) is 5.52 Å². The minimum Gasteiger partial charge on any atom is -0.461 e. The van der Waals surface area contributed by atoms with E-state index in [0.29, 0.717) is 15.8 Å². The van der Waals surface area contributed by atoms with E-state index in [-0.39, 0.29) is 41.9 Å². The molecule has 0 bridgehead atoms. The predicted molar refractivity (Wildman–Crippen MR) is 121 cm³/mol. The first-order valence-electron chi connectivity index (χ1n) is 9.92. The van der Waals surface area contributed by atoms with Crippen molar-refractivity contribution < 1.29 is 14.3 Å². The number of benzene rings is 2. The van der Waals surface area contributed by atoms with Crippen LogP contribution in [0.4, 0.5) is 5.13 Å². The van der Waals surface area contributed by atoms with Crippen molar-refractivity contribution in [2.75, 3.05) is 11.9 Å². The number of ether oxygens (including phenoxy) is 1. The number of hydrogen-bond acceptors (Lipinski definition) is 8. The molecule has 9 nitrogen and oxygen atoms in total. The van der Waals surface area contributed by atoms with Gasteiger partial charge in [-0.2, -0.15) is 0 Å². The second-order valence-corrected chi connectivity index (χ2v) is 7.72. The van der Waals surface area contributed by atoms with E-state index in [1.165, 1.54) is 11.3 Å². The zero-order chi connectivity index (χ0) is 22.5. The molecule has 0 saturated carbocycles. The van der Waals surface area contributed by atoms with Gasteiger partial charge in [0.2, 0.25) is 5.91 Å². The summed E-state index contributed by atoms with van der Waals surface area (Å²) in [6.07, 6.45) is -0.0120. The van der Waals surface area contributed by atoms with Crippen LogP contribution in [0.5, 0.6) is 0 Å². The molecular formula is C22H19N5O4S. The van der Waals surface area contributed by atoms with Crippen LogP contribution in [0.2, 0.25) is 0 Å². The number of esters is 1. The second kappa shape index (κ2) is 9.48. The van der Waals surface area contributed by atoms with Gasteiger partial charge in [-0.15, -0.1) is 5.10 Å². The Hall–Kier alpha value is -3.92. The van der Waals surface area contributed by atoms with Crippen LogP contribution in [0.25, 0.3) is 21.3 Å². The molecule has 2 aromatic heterocycles. The van der Waals surface area contributed by atoms with E-state index >= 15 is 0 Å². The van der Waals surface area contributed by atoms with Gasteiger partial charge in [0.15, 0.2) is 10.8 Å². The number of carbonyl (C=O) groups excluding carboxylic acids is 2. The van der Waals surface area contributed by atoms with Crippen LogP contribution >= 0.6 is 11.3 Å². The Kier molecular flexibility index (Phi) is 6.31. The van der Waals surface area contributed by atoms with Crippen LogP contribution < -0.4 is 10.9 Å². The highest BCUT2D eigenvalue weighted by molar-refractivity contribution is 7.19. The molecule has 0 aliphatic heterocycles. The fraction of sp³-hybridized carbons (Fsp3) is 0.182. The number of carbonyl (C=O) groups is 2. The average molecular weight is 449 g/mol. The molecule has 4 rings (SSSR count).